The maximum absolute atomic E-state index is 12.2. The van der Waals surface area contributed by atoms with Crippen molar-refractivity contribution >= 4 is 23.2 Å². The van der Waals surface area contributed by atoms with Crippen LogP contribution in [-0.4, -0.2) is 45.5 Å². The van der Waals surface area contributed by atoms with E-state index in [1.165, 1.54) is 13.2 Å². The minimum Gasteiger partial charge on any atom is -0.496 e. The number of nitrogens with one attached hydrogen (secondary N) is 1. The Morgan fingerprint density at radius 2 is 2.36 bits per heavy atom. The van der Waals surface area contributed by atoms with E-state index in [4.69, 9.17) is 31.5 Å². The minimum atomic E-state index is -0.247. The monoisotopic (exact) mass is 328 g/mol. The van der Waals surface area contributed by atoms with Crippen LogP contribution in [0.4, 0.5) is 5.69 Å². The second kappa shape index (κ2) is 8.22. The summed E-state index contributed by atoms with van der Waals surface area (Å²) in [6.07, 6.45) is 1.85. The van der Waals surface area contributed by atoms with Gasteiger partial charge in [0.1, 0.15) is 5.75 Å². The zero-order chi connectivity index (χ0) is 15.9. The first-order chi connectivity index (χ1) is 10.6. The fourth-order valence-corrected chi connectivity index (χ4v) is 2.34. The summed E-state index contributed by atoms with van der Waals surface area (Å²) in [6, 6.07) is 3.05. The molecule has 3 N–H and O–H groups in total. The quantitative estimate of drug-likeness (QED) is 0.589. The predicted octanol–water partition coefficient (Wildman–Crippen LogP) is 1.86. The van der Waals surface area contributed by atoms with E-state index in [9.17, 15) is 4.79 Å². The Labute approximate surface area is 134 Å². The second-order valence-electron chi connectivity index (χ2n) is 5.04. The number of rotatable bonds is 7. The molecule has 1 aliphatic heterocycles. The molecule has 0 bridgehead atoms. The van der Waals surface area contributed by atoms with Crippen LogP contribution in [0.5, 0.6) is 5.75 Å². The van der Waals surface area contributed by atoms with Gasteiger partial charge in [-0.3, -0.25) is 4.79 Å². The lowest BCUT2D eigenvalue weighted by Gasteiger charge is -2.12. The number of nitrogens with two attached hydrogens (primary N) is 1. The average Bonchev–Trinajstić information content (AvgIpc) is 3.02. The molecule has 0 aromatic heterocycles. The molecule has 1 saturated heterocycles. The van der Waals surface area contributed by atoms with E-state index < -0.39 is 0 Å². The molecule has 6 nitrogen and oxygen atoms in total. The number of benzene rings is 1. The lowest BCUT2D eigenvalue weighted by molar-refractivity contribution is 0.0415. The fourth-order valence-electron chi connectivity index (χ4n) is 2.18. The van der Waals surface area contributed by atoms with Crippen molar-refractivity contribution in [3.05, 3.63) is 22.7 Å². The molecule has 1 aromatic carbocycles. The molecular formula is C15H21ClN2O4. The van der Waals surface area contributed by atoms with E-state index in [-0.39, 0.29) is 12.0 Å². The van der Waals surface area contributed by atoms with Crippen molar-refractivity contribution < 1.29 is 19.0 Å². The molecule has 0 radical (unpaired) electrons. The van der Waals surface area contributed by atoms with Crippen LogP contribution in [0.15, 0.2) is 12.1 Å². The summed E-state index contributed by atoms with van der Waals surface area (Å²) in [4.78, 5) is 12.2. The Morgan fingerprint density at radius 3 is 3.05 bits per heavy atom. The molecule has 1 aromatic rings. The minimum absolute atomic E-state index is 0.187. The van der Waals surface area contributed by atoms with Crippen LogP contribution in [-0.2, 0) is 9.47 Å². The Morgan fingerprint density at radius 1 is 1.55 bits per heavy atom. The highest BCUT2D eigenvalue weighted by Crippen LogP contribution is 2.28. The fraction of sp³-hybridized carbons (Fsp3) is 0.533. The van der Waals surface area contributed by atoms with Crippen molar-refractivity contribution in [3.63, 3.8) is 0 Å². The second-order valence-corrected chi connectivity index (χ2v) is 5.45. The van der Waals surface area contributed by atoms with Crippen molar-refractivity contribution in [1.82, 2.24) is 5.32 Å². The molecule has 1 atom stereocenters. The van der Waals surface area contributed by atoms with Gasteiger partial charge in [0.25, 0.3) is 5.91 Å². The number of ether oxygens (including phenoxy) is 3. The predicted molar refractivity (Wildman–Crippen MR) is 84.5 cm³/mol. The van der Waals surface area contributed by atoms with E-state index in [1.54, 1.807) is 6.07 Å². The van der Waals surface area contributed by atoms with Gasteiger partial charge in [-0.1, -0.05) is 11.6 Å². The van der Waals surface area contributed by atoms with Gasteiger partial charge in [0.15, 0.2) is 0 Å². The first-order valence-corrected chi connectivity index (χ1v) is 7.60. The van der Waals surface area contributed by atoms with Crippen LogP contribution >= 0.6 is 11.6 Å². The van der Waals surface area contributed by atoms with Gasteiger partial charge in [-0.2, -0.15) is 0 Å². The van der Waals surface area contributed by atoms with Crippen LogP contribution in [0, 0.1) is 0 Å². The summed E-state index contributed by atoms with van der Waals surface area (Å²) in [5.74, 6) is 0.154. The molecule has 22 heavy (non-hydrogen) atoms. The number of halogens is 1. The maximum Gasteiger partial charge on any atom is 0.255 e. The van der Waals surface area contributed by atoms with Gasteiger partial charge >= 0.3 is 0 Å². The highest BCUT2D eigenvalue weighted by atomic mass is 35.5. The Balaban J connectivity index is 1.78. The summed E-state index contributed by atoms with van der Waals surface area (Å²) >= 11 is 5.95. The molecule has 1 aliphatic rings. The number of hydrogen-bond donors (Lipinski definition) is 2. The maximum atomic E-state index is 12.2. The van der Waals surface area contributed by atoms with Gasteiger partial charge < -0.3 is 25.3 Å². The van der Waals surface area contributed by atoms with Gasteiger partial charge in [-0.15, -0.1) is 0 Å². The first kappa shape index (κ1) is 16.9. The molecule has 0 aliphatic carbocycles. The van der Waals surface area contributed by atoms with Crippen molar-refractivity contribution in [2.24, 2.45) is 0 Å². The number of carbonyl (C=O) groups is 1. The molecule has 1 heterocycles. The van der Waals surface area contributed by atoms with E-state index in [2.05, 4.69) is 5.32 Å². The van der Waals surface area contributed by atoms with Crippen LogP contribution in [0.2, 0.25) is 5.02 Å². The Bertz CT molecular complexity index is 519. The highest BCUT2D eigenvalue weighted by molar-refractivity contribution is 6.33. The van der Waals surface area contributed by atoms with Gasteiger partial charge in [-0.05, 0) is 18.9 Å². The molecule has 2 rings (SSSR count). The van der Waals surface area contributed by atoms with E-state index in [0.717, 1.165) is 19.4 Å². The number of anilines is 1. The summed E-state index contributed by atoms with van der Waals surface area (Å²) < 4.78 is 16.0. The average molecular weight is 329 g/mol. The number of hydrogen-bond acceptors (Lipinski definition) is 5. The topological polar surface area (TPSA) is 82.8 Å². The summed E-state index contributed by atoms with van der Waals surface area (Å²) in [6.45, 7) is 2.53. The Hall–Kier alpha value is -1.50. The lowest BCUT2D eigenvalue weighted by Crippen LogP contribution is -2.26. The van der Waals surface area contributed by atoms with Crippen molar-refractivity contribution in [3.8, 4) is 5.75 Å². The van der Waals surface area contributed by atoms with Crippen molar-refractivity contribution in [2.45, 2.75) is 18.9 Å². The summed E-state index contributed by atoms with van der Waals surface area (Å²) in [7, 11) is 1.48. The standard InChI is InChI=1S/C15H21ClN2O4/c1-20-14-8-13(17)12(16)7-11(14)15(19)18-4-2-5-22-10-3-6-21-9-10/h7-8,10H,2-6,9,17H2,1H3,(H,18,19). The largest absolute Gasteiger partial charge is 0.496 e. The number of nitrogen functional groups attached to an aromatic ring is 1. The first-order valence-electron chi connectivity index (χ1n) is 7.22. The smallest absolute Gasteiger partial charge is 0.255 e. The molecular weight excluding hydrogens is 308 g/mol. The number of amides is 1. The number of methoxy groups -OCH3 is 1. The molecule has 122 valence electrons. The van der Waals surface area contributed by atoms with E-state index in [0.29, 0.717) is 41.8 Å². The molecule has 0 spiro atoms. The molecule has 0 saturated carbocycles. The van der Waals surface area contributed by atoms with E-state index in [1.807, 2.05) is 0 Å². The molecule has 7 heteroatoms. The lowest BCUT2D eigenvalue weighted by atomic mass is 10.1. The molecule has 1 amide bonds. The summed E-state index contributed by atoms with van der Waals surface area (Å²) in [5.41, 5.74) is 6.44. The summed E-state index contributed by atoms with van der Waals surface area (Å²) in [5, 5.41) is 3.15. The van der Waals surface area contributed by atoms with Gasteiger partial charge in [-0.25, -0.2) is 0 Å². The van der Waals surface area contributed by atoms with Gasteiger partial charge in [0.2, 0.25) is 0 Å². The normalized spacial score (nSPS) is 17.5. The van der Waals surface area contributed by atoms with Crippen molar-refractivity contribution in [1.29, 1.82) is 0 Å². The number of carbonyl (C=O) groups excluding carboxylic acids is 1. The zero-order valence-corrected chi connectivity index (χ0v) is 13.3. The zero-order valence-electron chi connectivity index (χ0n) is 12.6. The van der Waals surface area contributed by atoms with Gasteiger partial charge in [0.05, 0.1) is 36.1 Å². The van der Waals surface area contributed by atoms with Crippen LogP contribution in [0.1, 0.15) is 23.2 Å². The van der Waals surface area contributed by atoms with Crippen LogP contribution in [0.3, 0.4) is 0 Å². The van der Waals surface area contributed by atoms with Crippen molar-refractivity contribution in [2.75, 3.05) is 39.2 Å². The third-order valence-electron chi connectivity index (χ3n) is 3.41. The molecule has 1 unspecified atom stereocenters. The third kappa shape index (κ3) is 4.50. The molecule has 1 fully saturated rings. The Kier molecular flexibility index (Phi) is 6.30. The third-order valence-corrected chi connectivity index (χ3v) is 3.74. The van der Waals surface area contributed by atoms with Crippen LogP contribution < -0.4 is 15.8 Å². The highest BCUT2D eigenvalue weighted by Gasteiger charge is 2.16. The van der Waals surface area contributed by atoms with E-state index >= 15 is 0 Å². The van der Waals surface area contributed by atoms with Gasteiger partial charge in [0, 0.05) is 25.8 Å². The van der Waals surface area contributed by atoms with Crippen LogP contribution in [0.25, 0.3) is 0 Å². The SMILES string of the molecule is COc1cc(N)c(Cl)cc1C(=O)NCCCOC1CCOC1.